The third-order valence-corrected chi connectivity index (χ3v) is 3.82. The predicted octanol–water partition coefficient (Wildman–Crippen LogP) is 2.58. The number of aromatic nitrogens is 1. The molecule has 21 heavy (non-hydrogen) atoms. The van der Waals surface area contributed by atoms with Crippen LogP contribution in [0.5, 0.6) is 0 Å². The Hall–Kier alpha value is -0.880. The number of ether oxygens (including phenoxy) is 2. The number of pyridine rings is 1. The summed E-state index contributed by atoms with van der Waals surface area (Å²) in [5, 5.41) is 0.528. The first kappa shape index (κ1) is 16.5. The molecule has 0 aromatic carbocycles. The van der Waals surface area contributed by atoms with Crippen molar-refractivity contribution in [2.24, 2.45) is 11.7 Å². The molecule has 0 amide bonds. The minimum atomic E-state index is -0.610. The van der Waals surface area contributed by atoms with Gasteiger partial charge in [0.25, 0.3) is 0 Å². The highest BCUT2D eigenvalue weighted by Gasteiger charge is 2.22. The van der Waals surface area contributed by atoms with Crippen molar-refractivity contribution in [1.29, 1.82) is 0 Å². The Kier molecular flexibility index (Phi) is 6.23. The van der Waals surface area contributed by atoms with E-state index in [-0.39, 0.29) is 16.9 Å². The van der Waals surface area contributed by atoms with Crippen molar-refractivity contribution >= 4 is 29.2 Å². The van der Waals surface area contributed by atoms with Crippen molar-refractivity contribution in [2.45, 2.75) is 31.9 Å². The lowest BCUT2D eigenvalue weighted by Gasteiger charge is -2.24. The molecular formula is C14H18Cl2N2O3. The molecule has 0 aliphatic carbocycles. The number of nitrogens with two attached hydrogens (primary N) is 1. The van der Waals surface area contributed by atoms with E-state index in [2.05, 4.69) is 4.98 Å². The lowest BCUT2D eigenvalue weighted by Crippen LogP contribution is -2.35. The number of carbonyl (C=O) groups excluding carboxylic acids is 1. The van der Waals surface area contributed by atoms with E-state index in [9.17, 15) is 4.79 Å². The first-order valence-corrected chi connectivity index (χ1v) is 7.62. The van der Waals surface area contributed by atoms with Crippen LogP contribution >= 0.6 is 23.2 Å². The van der Waals surface area contributed by atoms with Crippen molar-refractivity contribution < 1.29 is 14.3 Å². The number of hydrogen-bond acceptors (Lipinski definition) is 5. The van der Waals surface area contributed by atoms with E-state index in [4.69, 9.17) is 38.4 Å². The van der Waals surface area contributed by atoms with Gasteiger partial charge in [0, 0.05) is 13.2 Å². The molecule has 0 unspecified atom stereocenters. The van der Waals surface area contributed by atoms with Crippen LogP contribution in [-0.2, 0) is 20.9 Å². The van der Waals surface area contributed by atoms with Crippen molar-refractivity contribution in [1.82, 2.24) is 4.98 Å². The van der Waals surface area contributed by atoms with Crippen LogP contribution in [0.15, 0.2) is 12.1 Å². The minimum Gasteiger partial charge on any atom is -0.460 e. The van der Waals surface area contributed by atoms with E-state index >= 15 is 0 Å². The molecule has 1 aliphatic rings. The molecule has 1 aliphatic heterocycles. The third kappa shape index (κ3) is 5.43. The normalized spacial score (nSPS) is 17.5. The summed E-state index contributed by atoms with van der Waals surface area (Å²) in [6, 6.07) is 2.59. The third-order valence-electron chi connectivity index (χ3n) is 3.43. The predicted molar refractivity (Wildman–Crippen MR) is 80.2 cm³/mol. The summed E-state index contributed by atoms with van der Waals surface area (Å²) in [6.07, 6.45) is 2.51. The van der Waals surface area contributed by atoms with Gasteiger partial charge in [-0.1, -0.05) is 23.2 Å². The fraction of sp³-hybridized carbons (Fsp3) is 0.571. The van der Waals surface area contributed by atoms with Gasteiger partial charge in [0.05, 0.1) is 0 Å². The molecule has 0 radical (unpaired) electrons. The van der Waals surface area contributed by atoms with E-state index in [1.54, 1.807) is 12.1 Å². The van der Waals surface area contributed by atoms with Crippen LogP contribution < -0.4 is 5.73 Å². The molecular weight excluding hydrogens is 315 g/mol. The molecule has 116 valence electrons. The van der Waals surface area contributed by atoms with Crippen LogP contribution in [0.4, 0.5) is 0 Å². The van der Waals surface area contributed by atoms with E-state index < -0.39 is 12.0 Å². The quantitative estimate of drug-likeness (QED) is 0.662. The van der Waals surface area contributed by atoms with Gasteiger partial charge in [0.2, 0.25) is 0 Å². The van der Waals surface area contributed by atoms with Gasteiger partial charge in [-0.3, -0.25) is 4.79 Å². The van der Waals surface area contributed by atoms with Crippen molar-refractivity contribution in [3.8, 4) is 0 Å². The summed E-state index contributed by atoms with van der Waals surface area (Å²) in [6.45, 7) is 1.56. The van der Waals surface area contributed by atoms with E-state index in [0.717, 1.165) is 26.1 Å². The van der Waals surface area contributed by atoms with Gasteiger partial charge in [-0.25, -0.2) is 4.98 Å². The van der Waals surface area contributed by atoms with Crippen LogP contribution in [0.1, 0.15) is 24.8 Å². The van der Waals surface area contributed by atoms with Gasteiger partial charge in [-0.05, 0) is 42.9 Å². The fourth-order valence-electron chi connectivity index (χ4n) is 2.30. The number of carbonyl (C=O) groups is 1. The van der Waals surface area contributed by atoms with Crippen molar-refractivity contribution in [3.05, 3.63) is 28.0 Å². The second-order valence-electron chi connectivity index (χ2n) is 5.13. The number of hydrogen-bond donors (Lipinski definition) is 1. The topological polar surface area (TPSA) is 74.4 Å². The summed E-state index contributed by atoms with van der Waals surface area (Å²) >= 11 is 11.6. The zero-order chi connectivity index (χ0) is 15.2. The molecule has 5 nitrogen and oxygen atoms in total. The molecule has 0 bridgehead atoms. The maximum absolute atomic E-state index is 11.9. The second kappa shape index (κ2) is 7.94. The molecule has 0 spiro atoms. The van der Waals surface area contributed by atoms with Crippen molar-refractivity contribution in [3.63, 3.8) is 0 Å². The average molecular weight is 333 g/mol. The summed E-state index contributed by atoms with van der Waals surface area (Å²) in [5.41, 5.74) is 6.58. The number of halogens is 2. The Balaban J connectivity index is 1.80. The molecule has 1 aromatic rings. The highest BCUT2D eigenvalue weighted by molar-refractivity contribution is 6.32. The maximum Gasteiger partial charge on any atom is 0.323 e. The molecule has 2 heterocycles. The second-order valence-corrected chi connectivity index (χ2v) is 5.90. The number of nitrogens with zero attached hydrogens (tertiary/aromatic N) is 1. The molecule has 2 rings (SSSR count). The Morgan fingerprint density at radius 1 is 1.38 bits per heavy atom. The van der Waals surface area contributed by atoms with Crippen LogP contribution in [-0.4, -0.2) is 30.2 Å². The number of esters is 1. The highest BCUT2D eigenvalue weighted by atomic mass is 35.5. The fourth-order valence-corrected chi connectivity index (χ4v) is 2.80. The maximum atomic E-state index is 11.9. The van der Waals surface area contributed by atoms with E-state index in [0.29, 0.717) is 17.9 Å². The highest BCUT2D eigenvalue weighted by Crippen LogP contribution is 2.20. The summed E-state index contributed by atoms with van der Waals surface area (Å²) in [7, 11) is 0. The van der Waals surface area contributed by atoms with Gasteiger partial charge in [0.1, 0.15) is 23.0 Å². The lowest BCUT2D eigenvalue weighted by atomic mass is 9.93. The largest absolute Gasteiger partial charge is 0.460 e. The first-order valence-electron chi connectivity index (χ1n) is 6.86. The summed E-state index contributed by atoms with van der Waals surface area (Å²) in [4.78, 5) is 15.7. The zero-order valence-corrected chi connectivity index (χ0v) is 13.1. The Bertz CT molecular complexity index is 473. The molecule has 7 heteroatoms. The van der Waals surface area contributed by atoms with Gasteiger partial charge in [-0.2, -0.15) is 0 Å². The average Bonchev–Trinajstić information content (AvgIpc) is 2.44. The first-order chi connectivity index (χ1) is 10.0. The Morgan fingerprint density at radius 2 is 2.00 bits per heavy atom. The number of rotatable bonds is 5. The van der Waals surface area contributed by atoms with Crippen LogP contribution in [0.25, 0.3) is 0 Å². The van der Waals surface area contributed by atoms with Crippen molar-refractivity contribution in [2.75, 3.05) is 13.2 Å². The summed E-state index contributed by atoms with van der Waals surface area (Å²) in [5.74, 6) is 0.0108. The SMILES string of the molecule is N[C@@H](CC1CCOCC1)C(=O)OCc1cc(Cl)nc(Cl)c1. The van der Waals surface area contributed by atoms with E-state index in [1.165, 1.54) is 0 Å². The molecule has 2 N–H and O–H groups in total. The van der Waals surface area contributed by atoms with Crippen LogP contribution in [0.2, 0.25) is 10.3 Å². The summed E-state index contributed by atoms with van der Waals surface area (Å²) < 4.78 is 10.5. The standard InChI is InChI=1S/C14H18Cl2N2O3/c15-12-6-10(7-13(16)18-12)8-21-14(19)11(17)5-9-1-3-20-4-2-9/h6-7,9,11H,1-5,8,17H2/t11-/m0/s1. The van der Waals surface area contributed by atoms with E-state index in [1.807, 2.05) is 0 Å². The molecule has 1 atom stereocenters. The molecule has 1 aromatic heterocycles. The Morgan fingerprint density at radius 3 is 2.62 bits per heavy atom. The van der Waals surface area contributed by atoms with Gasteiger partial charge in [0.15, 0.2) is 0 Å². The van der Waals surface area contributed by atoms with Crippen LogP contribution in [0.3, 0.4) is 0 Å². The van der Waals surface area contributed by atoms with Gasteiger partial charge < -0.3 is 15.2 Å². The Labute approximate surface area is 133 Å². The lowest BCUT2D eigenvalue weighted by molar-refractivity contribution is -0.147. The van der Waals surface area contributed by atoms with Gasteiger partial charge in [-0.15, -0.1) is 0 Å². The molecule has 1 saturated heterocycles. The zero-order valence-electron chi connectivity index (χ0n) is 11.6. The molecule has 1 fully saturated rings. The van der Waals surface area contributed by atoms with Gasteiger partial charge >= 0.3 is 5.97 Å². The minimum absolute atomic E-state index is 0.0856. The smallest absolute Gasteiger partial charge is 0.323 e. The monoisotopic (exact) mass is 332 g/mol. The molecule has 0 saturated carbocycles. The van der Waals surface area contributed by atoms with Crippen LogP contribution in [0, 0.1) is 5.92 Å².